The van der Waals surface area contributed by atoms with Crippen molar-refractivity contribution in [3.05, 3.63) is 23.5 Å². The first-order valence-corrected chi connectivity index (χ1v) is 8.30. The number of anilines is 1. The van der Waals surface area contributed by atoms with Gasteiger partial charge < -0.3 is 5.73 Å². The quantitative estimate of drug-likeness (QED) is 0.619. The van der Waals surface area contributed by atoms with Gasteiger partial charge in [-0.25, -0.2) is 17.5 Å². The average molecular weight is 292 g/mol. The Morgan fingerprint density at radius 2 is 2.11 bits per heavy atom. The fraction of sp³-hybridized carbons (Fsp3) is 0.455. The summed E-state index contributed by atoms with van der Waals surface area (Å²) in [5, 5.41) is 0. The lowest BCUT2D eigenvalue weighted by Gasteiger charge is -2.10. The van der Waals surface area contributed by atoms with Gasteiger partial charge in [-0.1, -0.05) is 0 Å². The maximum Gasteiger partial charge on any atom is 0.240 e. The van der Waals surface area contributed by atoms with Crippen molar-refractivity contribution in [2.24, 2.45) is 0 Å². The summed E-state index contributed by atoms with van der Waals surface area (Å²) in [5.74, 6) is 0.279. The van der Waals surface area contributed by atoms with Crippen molar-refractivity contribution >= 4 is 27.5 Å². The molecule has 102 valence electrons. The molecule has 0 spiro atoms. The van der Waals surface area contributed by atoms with Crippen LogP contribution in [0.15, 0.2) is 17.0 Å². The average Bonchev–Trinajstić information content (AvgIpc) is 2.29. The number of aryl methyl sites for hydroxylation is 1. The molecule has 18 heavy (non-hydrogen) atoms. The van der Waals surface area contributed by atoms with Crippen molar-refractivity contribution in [3.63, 3.8) is 0 Å². The SMILES string of the molecule is CSCCCNS(=O)(=O)c1cc(N)c(F)cc1C. The van der Waals surface area contributed by atoms with Gasteiger partial charge in [0.05, 0.1) is 10.6 Å². The summed E-state index contributed by atoms with van der Waals surface area (Å²) in [7, 11) is -3.62. The zero-order valence-electron chi connectivity index (χ0n) is 10.4. The molecule has 0 aromatic heterocycles. The number of nitrogens with two attached hydrogens (primary N) is 1. The van der Waals surface area contributed by atoms with E-state index in [4.69, 9.17) is 5.73 Å². The number of halogens is 1. The third-order valence-corrected chi connectivity index (χ3v) is 4.70. The number of sulfonamides is 1. The first-order chi connectivity index (χ1) is 8.38. The summed E-state index contributed by atoms with van der Waals surface area (Å²) in [5.41, 5.74) is 5.58. The van der Waals surface area contributed by atoms with Crippen LogP contribution in [0.4, 0.5) is 10.1 Å². The van der Waals surface area contributed by atoms with Crippen molar-refractivity contribution in [2.45, 2.75) is 18.2 Å². The number of nitrogens with one attached hydrogen (secondary N) is 1. The number of thioether (sulfide) groups is 1. The largest absolute Gasteiger partial charge is 0.396 e. The van der Waals surface area contributed by atoms with Gasteiger partial charge in [-0.3, -0.25) is 0 Å². The fourth-order valence-electron chi connectivity index (χ4n) is 1.46. The Balaban J connectivity index is 2.88. The molecule has 0 saturated carbocycles. The molecule has 0 aliphatic carbocycles. The molecule has 1 aromatic rings. The lowest BCUT2D eigenvalue weighted by molar-refractivity contribution is 0.579. The number of hydrogen-bond acceptors (Lipinski definition) is 4. The third kappa shape index (κ3) is 3.86. The van der Waals surface area contributed by atoms with E-state index >= 15 is 0 Å². The molecule has 1 aromatic carbocycles. The Hall–Kier alpha value is -0.790. The smallest absolute Gasteiger partial charge is 0.240 e. The van der Waals surface area contributed by atoms with Crippen molar-refractivity contribution in [1.29, 1.82) is 0 Å². The lowest BCUT2D eigenvalue weighted by Crippen LogP contribution is -2.26. The second-order valence-corrected chi connectivity index (χ2v) is 6.60. The van der Waals surface area contributed by atoms with E-state index in [0.717, 1.165) is 24.3 Å². The molecule has 7 heteroatoms. The van der Waals surface area contributed by atoms with E-state index in [1.807, 2.05) is 6.26 Å². The van der Waals surface area contributed by atoms with Crippen molar-refractivity contribution < 1.29 is 12.8 Å². The lowest BCUT2D eigenvalue weighted by atomic mass is 10.2. The number of nitrogen functional groups attached to an aromatic ring is 1. The first-order valence-electron chi connectivity index (χ1n) is 5.42. The summed E-state index contributed by atoms with van der Waals surface area (Å²) in [4.78, 5) is 0.0329. The Labute approximate surface area is 111 Å². The van der Waals surface area contributed by atoms with Gasteiger partial charge >= 0.3 is 0 Å². The molecule has 0 aliphatic heterocycles. The molecule has 3 N–H and O–H groups in total. The van der Waals surface area contributed by atoms with E-state index in [0.29, 0.717) is 12.1 Å². The molecule has 0 atom stereocenters. The molecule has 0 heterocycles. The fourth-order valence-corrected chi connectivity index (χ4v) is 3.23. The van der Waals surface area contributed by atoms with Gasteiger partial charge in [-0.2, -0.15) is 11.8 Å². The van der Waals surface area contributed by atoms with Crippen LogP contribution in [0, 0.1) is 12.7 Å². The van der Waals surface area contributed by atoms with Crippen LogP contribution in [-0.2, 0) is 10.0 Å². The van der Waals surface area contributed by atoms with E-state index in [-0.39, 0.29) is 10.6 Å². The molecule has 0 saturated heterocycles. The monoisotopic (exact) mass is 292 g/mol. The molecular weight excluding hydrogens is 275 g/mol. The Morgan fingerprint density at radius 1 is 1.44 bits per heavy atom. The highest BCUT2D eigenvalue weighted by molar-refractivity contribution is 7.98. The summed E-state index contributed by atoms with van der Waals surface area (Å²) >= 11 is 1.65. The summed E-state index contributed by atoms with van der Waals surface area (Å²) in [6, 6.07) is 2.29. The Bertz CT molecular complexity index is 518. The van der Waals surface area contributed by atoms with Gasteiger partial charge in [0.25, 0.3) is 0 Å². The van der Waals surface area contributed by atoms with Crippen LogP contribution < -0.4 is 10.5 Å². The van der Waals surface area contributed by atoms with E-state index in [9.17, 15) is 12.8 Å². The van der Waals surface area contributed by atoms with E-state index in [1.54, 1.807) is 18.7 Å². The Kier molecular flexibility index (Phi) is 5.43. The molecule has 4 nitrogen and oxygen atoms in total. The highest BCUT2D eigenvalue weighted by Crippen LogP contribution is 2.21. The van der Waals surface area contributed by atoms with E-state index < -0.39 is 15.8 Å². The molecule has 0 amide bonds. The molecule has 1 rings (SSSR count). The van der Waals surface area contributed by atoms with Crippen molar-refractivity contribution in [2.75, 3.05) is 24.3 Å². The van der Waals surface area contributed by atoms with Gasteiger partial charge in [0, 0.05) is 6.54 Å². The zero-order valence-corrected chi connectivity index (χ0v) is 12.0. The number of rotatable bonds is 6. The molecule has 0 radical (unpaired) electrons. The second kappa shape index (κ2) is 6.40. The molecule has 0 unspecified atom stereocenters. The van der Waals surface area contributed by atoms with E-state index in [1.165, 1.54) is 0 Å². The van der Waals surface area contributed by atoms with Crippen molar-refractivity contribution in [1.82, 2.24) is 4.72 Å². The van der Waals surface area contributed by atoms with Gasteiger partial charge in [-0.05, 0) is 43.0 Å². The standard InChI is InChI=1S/C11H17FN2O2S2/c1-8-6-9(12)10(13)7-11(8)18(15,16)14-4-3-5-17-2/h6-7,14H,3-5,13H2,1-2H3. The topological polar surface area (TPSA) is 72.2 Å². The summed E-state index contributed by atoms with van der Waals surface area (Å²) in [6.07, 6.45) is 2.70. The Morgan fingerprint density at radius 3 is 2.72 bits per heavy atom. The number of benzene rings is 1. The van der Waals surface area contributed by atoms with Crippen LogP contribution >= 0.6 is 11.8 Å². The molecular formula is C11H17FN2O2S2. The highest BCUT2D eigenvalue weighted by Gasteiger charge is 2.18. The van der Waals surface area contributed by atoms with Gasteiger partial charge in [-0.15, -0.1) is 0 Å². The second-order valence-electron chi connectivity index (χ2n) is 3.88. The normalized spacial score (nSPS) is 11.7. The van der Waals surface area contributed by atoms with Crippen LogP contribution in [0.25, 0.3) is 0 Å². The molecule has 0 aliphatic rings. The zero-order chi connectivity index (χ0) is 13.8. The minimum Gasteiger partial charge on any atom is -0.396 e. The van der Waals surface area contributed by atoms with Gasteiger partial charge in [0.2, 0.25) is 10.0 Å². The highest BCUT2D eigenvalue weighted by atomic mass is 32.2. The van der Waals surface area contributed by atoms with Gasteiger partial charge in [0.1, 0.15) is 5.82 Å². The van der Waals surface area contributed by atoms with Crippen LogP contribution in [0.3, 0.4) is 0 Å². The van der Waals surface area contributed by atoms with Crippen LogP contribution in [-0.4, -0.2) is 27.0 Å². The summed E-state index contributed by atoms with van der Waals surface area (Å²) in [6.45, 7) is 1.90. The van der Waals surface area contributed by atoms with E-state index in [2.05, 4.69) is 4.72 Å². The van der Waals surface area contributed by atoms with Crippen LogP contribution in [0.2, 0.25) is 0 Å². The molecule has 0 bridgehead atoms. The minimum atomic E-state index is -3.62. The maximum atomic E-state index is 13.2. The van der Waals surface area contributed by atoms with Crippen molar-refractivity contribution in [3.8, 4) is 0 Å². The third-order valence-electron chi connectivity index (χ3n) is 2.40. The maximum absolute atomic E-state index is 13.2. The minimum absolute atomic E-state index is 0.0329. The summed E-state index contributed by atoms with van der Waals surface area (Å²) < 4.78 is 39.6. The van der Waals surface area contributed by atoms with Crippen LogP contribution in [0.5, 0.6) is 0 Å². The number of hydrogen-bond donors (Lipinski definition) is 2. The van der Waals surface area contributed by atoms with Gasteiger partial charge in [0.15, 0.2) is 0 Å². The molecule has 0 fully saturated rings. The first kappa shape index (κ1) is 15.3. The predicted molar refractivity (Wildman–Crippen MR) is 73.7 cm³/mol. The predicted octanol–water partition coefficient (Wildman–Crippen LogP) is 1.75. The van der Waals surface area contributed by atoms with Crippen LogP contribution in [0.1, 0.15) is 12.0 Å².